The molecule has 1 aliphatic rings. The number of aryl methyl sites for hydroxylation is 1. The lowest BCUT2D eigenvalue weighted by Gasteiger charge is -2.20. The first-order chi connectivity index (χ1) is 12.9. The third-order valence-electron chi connectivity index (χ3n) is 4.58. The van der Waals surface area contributed by atoms with E-state index in [1.54, 1.807) is 30.3 Å². The van der Waals surface area contributed by atoms with Crippen molar-refractivity contribution in [1.29, 1.82) is 0 Å². The average Bonchev–Trinajstić information content (AvgIpc) is 3.05. The molecular formula is C21H23FN2O2S. The van der Waals surface area contributed by atoms with Crippen LogP contribution in [0.1, 0.15) is 29.5 Å². The molecule has 0 radical (unpaired) electrons. The van der Waals surface area contributed by atoms with E-state index < -0.39 is 15.8 Å². The smallest absolute Gasteiger partial charge is 0.264 e. The zero-order valence-electron chi connectivity index (χ0n) is 15.5. The van der Waals surface area contributed by atoms with Crippen molar-refractivity contribution in [2.24, 2.45) is 0 Å². The fourth-order valence-electron chi connectivity index (χ4n) is 3.08. The Labute approximate surface area is 160 Å². The van der Waals surface area contributed by atoms with Gasteiger partial charge < -0.3 is 5.32 Å². The number of hydrogen-bond acceptors (Lipinski definition) is 3. The number of hydrogen-bond donors (Lipinski definition) is 1. The summed E-state index contributed by atoms with van der Waals surface area (Å²) in [6, 6.07) is 9.68. The van der Waals surface area contributed by atoms with Gasteiger partial charge in [0, 0.05) is 13.0 Å². The standard InChI is InChI=1S/C21H23FN2O2S/c1-16-7-9-19(10-8-16)27(25,26)24-13-11-18-14-17(20(22)15-21(18)24)6-4-3-5-12-23-2/h7-10,14-15,23H,3,5,11-13H2,1-2H3. The van der Waals surface area contributed by atoms with Crippen molar-refractivity contribution in [1.82, 2.24) is 5.32 Å². The molecule has 2 aromatic rings. The topological polar surface area (TPSA) is 49.4 Å². The Morgan fingerprint density at radius 1 is 1.22 bits per heavy atom. The van der Waals surface area contributed by atoms with Gasteiger partial charge in [-0.05, 0) is 63.2 Å². The number of halogens is 1. The summed E-state index contributed by atoms with van der Waals surface area (Å²) < 4.78 is 41.7. The van der Waals surface area contributed by atoms with Gasteiger partial charge in [0.15, 0.2) is 0 Å². The molecule has 6 heteroatoms. The molecule has 0 saturated carbocycles. The minimum atomic E-state index is -3.70. The normalized spacial score (nSPS) is 13.2. The number of nitrogens with zero attached hydrogens (tertiary/aromatic N) is 1. The van der Waals surface area contributed by atoms with Crippen molar-refractivity contribution in [3.8, 4) is 11.8 Å². The molecule has 0 atom stereocenters. The van der Waals surface area contributed by atoms with Crippen LogP contribution in [0, 0.1) is 24.6 Å². The summed E-state index contributed by atoms with van der Waals surface area (Å²) in [4.78, 5) is 0.217. The molecule has 4 nitrogen and oxygen atoms in total. The predicted octanol–water partition coefficient (Wildman–Crippen LogP) is 3.24. The fraction of sp³-hybridized carbons (Fsp3) is 0.333. The summed E-state index contributed by atoms with van der Waals surface area (Å²) in [6.07, 6.45) is 2.14. The molecule has 0 aliphatic carbocycles. The van der Waals surface area contributed by atoms with Crippen LogP contribution in [0.5, 0.6) is 0 Å². The SMILES string of the molecule is CNCCCC#Cc1cc2c(cc1F)N(S(=O)(=O)c1ccc(C)cc1)CC2. The molecular weight excluding hydrogens is 363 g/mol. The summed E-state index contributed by atoms with van der Waals surface area (Å²) in [7, 11) is -1.82. The highest BCUT2D eigenvalue weighted by atomic mass is 32.2. The van der Waals surface area contributed by atoms with Crippen molar-refractivity contribution in [2.45, 2.75) is 31.1 Å². The molecule has 1 aliphatic heterocycles. The van der Waals surface area contributed by atoms with E-state index in [0.29, 0.717) is 30.6 Å². The third-order valence-corrected chi connectivity index (χ3v) is 6.41. The highest BCUT2D eigenvalue weighted by Crippen LogP contribution is 2.34. The van der Waals surface area contributed by atoms with Crippen LogP contribution in [-0.2, 0) is 16.4 Å². The Bertz CT molecular complexity index is 989. The monoisotopic (exact) mass is 386 g/mol. The number of sulfonamides is 1. The number of nitrogens with one attached hydrogen (secondary N) is 1. The van der Waals surface area contributed by atoms with Gasteiger partial charge >= 0.3 is 0 Å². The fourth-order valence-corrected chi connectivity index (χ4v) is 4.57. The molecule has 0 amide bonds. The molecule has 0 saturated heterocycles. The molecule has 2 aromatic carbocycles. The minimum absolute atomic E-state index is 0.217. The lowest BCUT2D eigenvalue weighted by Crippen LogP contribution is -2.29. The van der Waals surface area contributed by atoms with Gasteiger partial charge in [0.25, 0.3) is 10.0 Å². The first-order valence-corrected chi connectivity index (χ1v) is 10.4. The van der Waals surface area contributed by atoms with Crippen molar-refractivity contribution < 1.29 is 12.8 Å². The van der Waals surface area contributed by atoms with Crippen molar-refractivity contribution in [3.05, 3.63) is 58.9 Å². The maximum atomic E-state index is 14.5. The molecule has 1 N–H and O–H groups in total. The van der Waals surface area contributed by atoms with E-state index in [-0.39, 0.29) is 4.90 Å². The first-order valence-electron chi connectivity index (χ1n) is 8.99. The number of anilines is 1. The Morgan fingerprint density at radius 2 is 1.96 bits per heavy atom. The second kappa shape index (κ2) is 8.12. The van der Waals surface area contributed by atoms with Gasteiger partial charge in [0.1, 0.15) is 5.82 Å². The largest absolute Gasteiger partial charge is 0.320 e. The number of unbranched alkanes of at least 4 members (excludes halogenated alkanes) is 1. The maximum absolute atomic E-state index is 14.5. The van der Waals surface area contributed by atoms with E-state index in [9.17, 15) is 12.8 Å². The van der Waals surface area contributed by atoms with E-state index in [1.165, 1.54) is 10.4 Å². The van der Waals surface area contributed by atoms with E-state index in [2.05, 4.69) is 17.2 Å². The van der Waals surface area contributed by atoms with Crippen LogP contribution >= 0.6 is 0 Å². The molecule has 3 rings (SSSR count). The van der Waals surface area contributed by atoms with Gasteiger partial charge in [-0.25, -0.2) is 12.8 Å². The second-order valence-electron chi connectivity index (χ2n) is 6.61. The van der Waals surface area contributed by atoms with Crippen molar-refractivity contribution >= 4 is 15.7 Å². The lowest BCUT2D eigenvalue weighted by molar-refractivity contribution is 0.592. The lowest BCUT2D eigenvalue weighted by atomic mass is 10.1. The zero-order valence-corrected chi connectivity index (χ0v) is 16.4. The van der Waals surface area contributed by atoms with E-state index in [4.69, 9.17) is 0 Å². The van der Waals surface area contributed by atoms with Crippen LogP contribution in [0.2, 0.25) is 0 Å². The van der Waals surface area contributed by atoms with Crippen LogP contribution in [0.15, 0.2) is 41.3 Å². The highest BCUT2D eigenvalue weighted by Gasteiger charge is 2.31. The van der Waals surface area contributed by atoms with Crippen LogP contribution in [0.4, 0.5) is 10.1 Å². The van der Waals surface area contributed by atoms with Gasteiger partial charge in [-0.3, -0.25) is 4.31 Å². The Morgan fingerprint density at radius 3 is 2.67 bits per heavy atom. The molecule has 0 fully saturated rings. The first kappa shape index (κ1) is 19.4. The Kier molecular flexibility index (Phi) is 5.83. The van der Waals surface area contributed by atoms with Crippen LogP contribution < -0.4 is 9.62 Å². The van der Waals surface area contributed by atoms with E-state index in [1.807, 2.05) is 14.0 Å². The second-order valence-corrected chi connectivity index (χ2v) is 8.47. The molecule has 0 spiro atoms. The van der Waals surface area contributed by atoms with Gasteiger partial charge in [-0.1, -0.05) is 29.5 Å². The van der Waals surface area contributed by atoms with Crippen LogP contribution in [0.3, 0.4) is 0 Å². The quantitative estimate of drug-likeness (QED) is 0.634. The molecule has 0 unspecified atom stereocenters. The zero-order chi connectivity index (χ0) is 19.4. The number of benzene rings is 2. The van der Waals surface area contributed by atoms with Crippen LogP contribution in [0.25, 0.3) is 0 Å². The Balaban J connectivity index is 1.87. The van der Waals surface area contributed by atoms with Gasteiger partial charge in [-0.15, -0.1) is 0 Å². The van der Waals surface area contributed by atoms with Gasteiger partial charge in [-0.2, -0.15) is 0 Å². The van der Waals surface area contributed by atoms with Gasteiger partial charge in [0.2, 0.25) is 0 Å². The van der Waals surface area contributed by atoms with Crippen LogP contribution in [-0.4, -0.2) is 28.6 Å². The third kappa shape index (κ3) is 4.15. The molecule has 0 bridgehead atoms. The van der Waals surface area contributed by atoms with E-state index in [0.717, 1.165) is 24.1 Å². The Hall–Kier alpha value is -2.36. The summed E-state index contributed by atoms with van der Waals surface area (Å²) in [5.41, 5.74) is 2.54. The van der Waals surface area contributed by atoms with Crippen molar-refractivity contribution in [2.75, 3.05) is 24.4 Å². The van der Waals surface area contributed by atoms with Gasteiger partial charge in [0.05, 0.1) is 16.1 Å². The summed E-state index contributed by atoms with van der Waals surface area (Å²) in [5, 5.41) is 3.04. The molecule has 0 aromatic heterocycles. The molecule has 27 heavy (non-hydrogen) atoms. The molecule has 142 valence electrons. The molecule has 1 heterocycles. The number of rotatable bonds is 5. The van der Waals surface area contributed by atoms with Crippen molar-refractivity contribution in [3.63, 3.8) is 0 Å². The summed E-state index contributed by atoms with van der Waals surface area (Å²) >= 11 is 0. The maximum Gasteiger partial charge on any atom is 0.264 e. The summed E-state index contributed by atoms with van der Waals surface area (Å²) in [6.45, 7) is 3.08. The predicted molar refractivity (Wildman–Crippen MR) is 106 cm³/mol. The highest BCUT2D eigenvalue weighted by molar-refractivity contribution is 7.92. The number of fused-ring (bicyclic) bond motifs is 1. The van der Waals surface area contributed by atoms with E-state index >= 15 is 0 Å². The average molecular weight is 386 g/mol. The minimum Gasteiger partial charge on any atom is -0.320 e. The summed E-state index contributed by atoms with van der Waals surface area (Å²) in [5.74, 6) is 5.37.